The van der Waals surface area contributed by atoms with Crippen molar-refractivity contribution in [3.05, 3.63) is 22.9 Å². The van der Waals surface area contributed by atoms with Crippen LogP contribution < -0.4 is 0 Å². The Morgan fingerprint density at radius 3 is 2.86 bits per heavy atom. The molecule has 2 aromatic rings. The molecule has 0 fully saturated rings. The second-order valence-electron chi connectivity index (χ2n) is 2.93. The van der Waals surface area contributed by atoms with Gasteiger partial charge < -0.3 is 0 Å². The van der Waals surface area contributed by atoms with Gasteiger partial charge in [0.2, 0.25) is 0 Å². The van der Waals surface area contributed by atoms with E-state index in [2.05, 4.69) is 22.9 Å². The number of rotatable bonds is 1. The zero-order valence-corrected chi connectivity index (χ0v) is 10.6. The summed E-state index contributed by atoms with van der Waals surface area (Å²) in [6, 6.07) is 4.35. The molecular formula is C10H8S4. The molecule has 0 amide bonds. The van der Waals surface area contributed by atoms with Crippen LogP contribution in [0.3, 0.4) is 0 Å². The van der Waals surface area contributed by atoms with Crippen molar-refractivity contribution in [3.63, 3.8) is 0 Å². The van der Waals surface area contributed by atoms with Crippen LogP contribution in [0.15, 0.2) is 32.7 Å². The van der Waals surface area contributed by atoms with Crippen molar-refractivity contribution in [2.24, 2.45) is 0 Å². The van der Waals surface area contributed by atoms with Crippen molar-refractivity contribution >= 4 is 46.2 Å². The third-order valence-electron chi connectivity index (χ3n) is 2.05. The summed E-state index contributed by atoms with van der Waals surface area (Å²) < 4.78 is 0. The lowest BCUT2D eigenvalue weighted by Gasteiger charge is -2.10. The number of thioether (sulfide) groups is 2. The summed E-state index contributed by atoms with van der Waals surface area (Å²) >= 11 is 7.75. The fourth-order valence-electron chi connectivity index (χ4n) is 1.44. The minimum absolute atomic E-state index is 1.26. The van der Waals surface area contributed by atoms with Gasteiger partial charge in [-0.25, -0.2) is 0 Å². The molecule has 0 atom stereocenters. The van der Waals surface area contributed by atoms with Crippen LogP contribution >= 0.6 is 46.2 Å². The molecule has 1 aliphatic rings. The molecule has 0 saturated carbocycles. The van der Waals surface area contributed by atoms with E-state index in [9.17, 15) is 0 Å². The lowest BCUT2D eigenvalue weighted by atomic mass is 10.4. The van der Waals surface area contributed by atoms with E-state index in [1.807, 2.05) is 46.2 Å². The minimum Gasteiger partial charge on any atom is -0.143 e. The van der Waals surface area contributed by atoms with E-state index >= 15 is 0 Å². The van der Waals surface area contributed by atoms with E-state index < -0.39 is 0 Å². The maximum atomic E-state index is 2.31. The Bertz CT molecular complexity index is 427. The molecular weight excluding hydrogens is 248 g/mol. The average Bonchev–Trinajstić information content (AvgIpc) is 2.85. The van der Waals surface area contributed by atoms with Gasteiger partial charge in [0, 0.05) is 31.6 Å². The van der Waals surface area contributed by atoms with Crippen molar-refractivity contribution in [2.75, 3.05) is 11.5 Å². The van der Waals surface area contributed by atoms with Gasteiger partial charge >= 0.3 is 0 Å². The highest BCUT2D eigenvalue weighted by Crippen LogP contribution is 2.47. The fourth-order valence-corrected chi connectivity index (χ4v) is 6.20. The molecule has 4 heteroatoms. The zero-order chi connectivity index (χ0) is 9.38. The smallest absolute Gasteiger partial charge is 0.0590 e. The topological polar surface area (TPSA) is 0 Å². The summed E-state index contributed by atoms with van der Waals surface area (Å²) in [5.41, 5.74) is 0. The highest BCUT2D eigenvalue weighted by molar-refractivity contribution is 8.06. The standard InChI is InChI=1S/C10H8S4/c1-2-7(11-3-1)9-10-8(6-14-9)12-4-5-13-10/h1-3,6H,4-5H2. The number of thiophene rings is 2. The van der Waals surface area contributed by atoms with Gasteiger partial charge in [0.1, 0.15) is 0 Å². The van der Waals surface area contributed by atoms with Gasteiger partial charge in [-0.1, -0.05) is 6.07 Å². The van der Waals surface area contributed by atoms with Crippen molar-refractivity contribution in [1.82, 2.24) is 0 Å². The Balaban J connectivity index is 2.11. The number of fused-ring (bicyclic) bond motifs is 1. The van der Waals surface area contributed by atoms with Gasteiger partial charge in [-0.2, -0.15) is 0 Å². The fraction of sp³-hybridized carbons (Fsp3) is 0.200. The molecule has 0 saturated heterocycles. The van der Waals surface area contributed by atoms with Gasteiger partial charge in [-0.05, 0) is 11.4 Å². The first kappa shape index (κ1) is 9.33. The summed E-state index contributed by atoms with van der Waals surface area (Å²) in [7, 11) is 0. The average molecular weight is 256 g/mol. The van der Waals surface area contributed by atoms with Gasteiger partial charge in [0.05, 0.1) is 4.88 Å². The van der Waals surface area contributed by atoms with Gasteiger partial charge in [-0.3, -0.25) is 0 Å². The Kier molecular flexibility index (Phi) is 2.62. The minimum atomic E-state index is 1.26. The van der Waals surface area contributed by atoms with E-state index in [4.69, 9.17) is 0 Å². The summed E-state index contributed by atoms with van der Waals surface area (Å²) in [6.07, 6.45) is 0. The number of hydrogen-bond acceptors (Lipinski definition) is 4. The second-order valence-corrected chi connectivity index (χ2v) is 7.00. The van der Waals surface area contributed by atoms with Crippen LogP contribution in [0.25, 0.3) is 9.75 Å². The van der Waals surface area contributed by atoms with Crippen LogP contribution in [0.2, 0.25) is 0 Å². The first-order valence-corrected chi connectivity index (χ1v) is 8.09. The first-order valence-electron chi connectivity index (χ1n) is 4.36. The van der Waals surface area contributed by atoms with Crippen molar-refractivity contribution in [1.29, 1.82) is 0 Å². The van der Waals surface area contributed by atoms with E-state index in [-0.39, 0.29) is 0 Å². The Labute approximate surface area is 99.7 Å². The molecule has 72 valence electrons. The Morgan fingerprint density at radius 2 is 2.00 bits per heavy atom. The second kappa shape index (κ2) is 3.93. The molecule has 0 bridgehead atoms. The molecule has 0 nitrogen and oxygen atoms in total. The zero-order valence-electron chi connectivity index (χ0n) is 7.36. The quantitative estimate of drug-likeness (QED) is 0.727. The van der Waals surface area contributed by atoms with E-state index in [0.29, 0.717) is 0 Å². The van der Waals surface area contributed by atoms with Crippen LogP contribution in [0.4, 0.5) is 0 Å². The third kappa shape index (κ3) is 1.54. The van der Waals surface area contributed by atoms with E-state index in [0.717, 1.165) is 0 Å². The van der Waals surface area contributed by atoms with Gasteiger partial charge in [-0.15, -0.1) is 46.2 Å². The van der Waals surface area contributed by atoms with E-state index in [1.54, 1.807) is 0 Å². The molecule has 3 heterocycles. The molecule has 0 aromatic carbocycles. The van der Waals surface area contributed by atoms with Crippen molar-refractivity contribution in [3.8, 4) is 9.75 Å². The molecule has 2 aromatic heterocycles. The van der Waals surface area contributed by atoms with Crippen LogP contribution in [0.1, 0.15) is 0 Å². The Hall–Kier alpha value is 0.1000. The van der Waals surface area contributed by atoms with Crippen molar-refractivity contribution < 1.29 is 0 Å². The monoisotopic (exact) mass is 256 g/mol. The predicted molar refractivity (Wildman–Crippen MR) is 69.1 cm³/mol. The van der Waals surface area contributed by atoms with Crippen LogP contribution in [0, 0.1) is 0 Å². The summed E-state index contributed by atoms with van der Waals surface area (Å²) in [5.74, 6) is 2.52. The highest BCUT2D eigenvalue weighted by atomic mass is 32.2. The van der Waals surface area contributed by atoms with Crippen LogP contribution in [-0.4, -0.2) is 11.5 Å². The first-order chi connectivity index (χ1) is 6.95. The van der Waals surface area contributed by atoms with Gasteiger partial charge in [0.25, 0.3) is 0 Å². The molecule has 0 radical (unpaired) electrons. The lowest BCUT2D eigenvalue weighted by molar-refractivity contribution is 1.30. The largest absolute Gasteiger partial charge is 0.143 e. The van der Waals surface area contributed by atoms with Crippen molar-refractivity contribution in [2.45, 2.75) is 9.79 Å². The molecule has 0 aliphatic carbocycles. The molecule has 0 spiro atoms. The lowest BCUT2D eigenvalue weighted by Crippen LogP contribution is -1.90. The normalized spacial score (nSPS) is 15.4. The molecule has 1 aliphatic heterocycles. The summed E-state index contributed by atoms with van der Waals surface area (Å²) in [6.45, 7) is 0. The van der Waals surface area contributed by atoms with Gasteiger partial charge in [0.15, 0.2) is 0 Å². The summed E-state index contributed by atoms with van der Waals surface area (Å²) in [4.78, 5) is 5.92. The number of hydrogen-bond donors (Lipinski definition) is 0. The molecule has 0 unspecified atom stereocenters. The maximum absolute atomic E-state index is 2.31. The molecule has 14 heavy (non-hydrogen) atoms. The SMILES string of the molecule is c1csc(-c2scc3c2SCCS3)c1. The molecule has 0 N–H and O–H groups in total. The van der Waals surface area contributed by atoms with Crippen LogP contribution in [0.5, 0.6) is 0 Å². The summed E-state index contributed by atoms with van der Waals surface area (Å²) in [5, 5.41) is 4.46. The third-order valence-corrected chi connectivity index (χ3v) is 6.90. The molecule has 3 rings (SSSR count). The highest BCUT2D eigenvalue weighted by Gasteiger charge is 2.17. The predicted octanol–water partition coefficient (Wildman–Crippen LogP) is 4.67. The Morgan fingerprint density at radius 1 is 1.07 bits per heavy atom. The van der Waals surface area contributed by atoms with E-state index in [1.165, 1.54) is 31.1 Å². The maximum Gasteiger partial charge on any atom is 0.0590 e. The van der Waals surface area contributed by atoms with Crippen LogP contribution in [-0.2, 0) is 0 Å².